The summed E-state index contributed by atoms with van der Waals surface area (Å²) in [7, 11) is 0. The van der Waals surface area contributed by atoms with Crippen molar-refractivity contribution in [2.24, 2.45) is 0 Å². The Morgan fingerprint density at radius 1 is 1.02 bits per heavy atom. The predicted octanol–water partition coefficient (Wildman–Crippen LogP) is 4.17. The Morgan fingerprint density at radius 3 is 2.56 bits per heavy atom. The topological polar surface area (TPSA) is 130 Å². The lowest BCUT2D eigenvalue weighted by molar-refractivity contribution is 0.0115. The van der Waals surface area contributed by atoms with Gasteiger partial charge < -0.3 is 19.7 Å². The molecule has 2 saturated heterocycles. The van der Waals surface area contributed by atoms with Crippen LogP contribution in [-0.4, -0.2) is 87.1 Å². The molecule has 0 saturated carbocycles. The van der Waals surface area contributed by atoms with Gasteiger partial charge in [0.25, 0.3) is 0 Å². The number of benzene rings is 2. The Bertz CT molecular complexity index is 1530. The van der Waals surface area contributed by atoms with Crippen molar-refractivity contribution >= 4 is 28.9 Å². The van der Waals surface area contributed by atoms with Crippen LogP contribution >= 0.6 is 11.6 Å². The zero-order valence-electron chi connectivity index (χ0n) is 23.8. The van der Waals surface area contributed by atoms with E-state index in [2.05, 4.69) is 52.7 Å². The van der Waals surface area contributed by atoms with Crippen LogP contribution in [0, 0.1) is 11.3 Å². The van der Waals surface area contributed by atoms with E-state index < -0.39 is 0 Å². The molecule has 6 rings (SSSR count). The summed E-state index contributed by atoms with van der Waals surface area (Å²) in [6.45, 7) is 6.82. The Kier molecular flexibility index (Phi) is 9.22. The molecular weight excluding hydrogens is 568 g/mol. The Hall–Kier alpha value is -4.31. The minimum atomic E-state index is 0.420. The van der Waals surface area contributed by atoms with Crippen molar-refractivity contribution in [1.29, 1.82) is 5.26 Å². The average molecular weight is 601 g/mol. The average Bonchev–Trinajstić information content (AvgIpc) is 3.59. The monoisotopic (exact) mass is 600 g/mol. The van der Waals surface area contributed by atoms with Gasteiger partial charge in [-0.05, 0) is 59.2 Å². The fraction of sp³-hybridized carbons (Fsp3) is 0.400. The van der Waals surface area contributed by atoms with E-state index in [1.165, 1.54) is 0 Å². The maximum absolute atomic E-state index is 9.52. The number of hydrogen-bond acceptors (Lipinski definition) is 11. The third-order valence-corrected chi connectivity index (χ3v) is 8.17. The second kappa shape index (κ2) is 13.8. The third kappa shape index (κ3) is 7.19. The molecule has 2 aromatic carbocycles. The molecule has 4 heterocycles. The first-order chi connectivity index (χ1) is 21.2. The molecule has 2 fully saturated rings. The lowest BCUT2D eigenvalue weighted by atomic mass is 10.0. The van der Waals surface area contributed by atoms with Crippen LogP contribution in [0.3, 0.4) is 0 Å². The minimum absolute atomic E-state index is 0.420. The van der Waals surface area contributed by atoms with Gasteiger partial charge in [-0.15, -0.1) is 5.10 Å². The first-order valence-corrected chi connectivity index (χ1v) is 14.9. The largest absolute Gasteiger partial charge is 0.492 e. The first kappa shape index (κ1) is 28.8. The summed E-state index contributed by atoms with van der Waals surface area (Å²) in [6, 6.07) is 14.3. The van der Waals surface area contributed by atoms with E-state index in [-0.39, 0.29) is 0 Å². The normalized spacial score (nSPS) is 16.1. The van der Waals surface area contributed by atoms with E-state index in [1.807, 2.05) is 24.3 Å². The van der Waals surface area contributed by atoms with Crippen molar-refractivity contribution in [1.82, 2.24) is 35.1 Å². The molecular formula is C30H33ClN10O2. The Labute approximate surface area is 255 Å². The van der Waals surface area contributed by atoms with Crippen LogP contribution < -0.4 is 15.0 Å². The van der Waals surface area contributed by atoms with E-state index in [0.29, 0.717) is 47.9 Å². The highest BCUT2D eigenvalue weighted by atomic mass is 35.5. The molecule has 222 valence electrons. The predicted molar refractivity (Wildman–Crippen MR) is 162 cm³/mol. The number of nitrogens with one attached hydrogen (secondary N) is 1. The molecule has 1 N–H and O–H groups in total. The molecule has 0 aliphatic carbocycles. The highest BCUT2D eigenvalue weighted by Crippen LogP contribution is 2.32. The van der Waals surface area contributed by atoms with Crippen molar-refractivity contribution in [3.63, 3.8) is 0 Å². The summed E-state index contributed by atoms with van der Waals surface area (Å²) in [5, 5.41) is 24.5. The van der Waals surface area contributed by atoms with Gasteiger partial charge in [-0.25, -0.2) is 14.6 Å². The Morgan fingerprint density at radius 2 is 1.84 bits per heavy atom. The third-order valence-electron chi connectivity index (χ3n) is 7.86. The zero-order valence-corrected chi connectivity index (χ0v) is 24.5. The number of nitriles is 1. The zero-order chi connectivity index (χ0) is 29.4. The maximum atomic E-state index is 9.52. The van der Waals surface area contributed by atoms with Crippen LogP contribution in [0.4, 0.5) is 17.3 Å². The summed E-state index contributed by atoms with van der Waals surface area (Å²) in [4.78, 5) is 14.0. The molecule has 0 amide bonds. The van der Waals surface area contributed by atoms with Gasteiger partial charge in [-0.3, -0.25) is 4.90 Å². The van der Waals surface area contributed by atoms with Crippen molar-refractivity contribution in [3.05, 3.63) is 65.7 Å². The molecule has 0 bridgehead atoms. The molecule has 2 aliphatic heterocycles. The van der Waals surface area contributed by atoms with Crippen LogP contribution in [0.15, 0.2) is 55.1 Å². The number of halogens is 1. The minimum Gasteiger partial charge on any atom is -0.492 e. The number of hydrogen-bond donors (Lipinski definition) is 1. The molecule has 0 spiro atoms. The number of nitrogens with zero attached hydrogens (tertiary/aromatic N) is 9. The number of aryl methyl sites for hydroxylation is 1. The molecule has 12 nitrogen and oxygen atoms in total. The molecule has 0 atom stereocenters. The summed E-state index contributed by atoms with van der Waals surface area (Å²) >= 11 is 6.69. The van der Waals surface area contributed by atoms with E-state index in [0.717, 1.165) is 74.7 Å². The van der Waals surface area contributed by atoms with Gasteiger partial charge in [0, 0.05) is 68.8 Å². The van der Waals surface area contributed by atoms with Gasteiger partial charge in [-0.2, -0.15) is 5.26 Å². The van der Waals surface area contributed by atoms with Crippen molar-refractivity contribution in [2.75, 3.05) is 56.2 Å². The SMILES string of the molecule is N#Cc1ccc(-c2cnc(Nc3ccc(N4CCC(N5CCOCC5)CC4)cc3Cl)nc2)cc1OCCCn1cnnn1. The first-order valence-electron chi connectivity index (χ1n) is 14.5. The number of tetrazole rings is 1. The molecule has 13 heteroatoms. The van der Waals surface area contributed by atoms with Crippen LogP contribution in [0.1, 0.15) is 24.8 Å². The number of morpholine rings is 1. The number of piperidine rings is 1. The smallest absolute Gasteiger partial charge is 0.227 e. The fourth-order valence-corrected chi connectivity index (χ4v) is 5.72. The van der Waals surface area contributed by atoms with Crippen LogP contribution in [0.2, 0.25) is 5.02 Å². The van der Waals surface area contributed by atoms with Gasteiger partial charge in [0.1, 0.15) is 18.1 Å². The van der Waals surface area contributed by atoms with Crippen LogP contribution in [0.25, 0.3) is 11.1 Å². The van der Waals surface area contributed by atoms with Gasteiger partial charge in [0.15, 0.2) is 0 Å². The van der Waals surface area contributed by atoms with Gasteiger partial charge in [-0.1, -0.05) is 17.7 Å². The van der Waals surface area contributed by atoms with Gasteiger partial charge in [0.05, 0.1) is 36.1 Å². The summed E-state index contributed by atoms with van der Waals surface area (Å²) in [5.41, 5.74) is 3.99. The lowest BCUT2D eigenvalue weighted by Crippen LogP contribution is -2.49. The number of ether oxygens (including phenoxy) is 2. The quantitative estimate of drug-likeness (QED) is 0.263. The summed E-state index contributed by atoms with van der Waals surface area (Å²) in [5.74, 6) is 0.952. The van der Waals surface area contributed by atoms with Crippen LogP contribution in [-0.2, 0) is 11.3 Å². The molecule has 0 radical (unpaired) electrons. The molecule has 4 aromatic rings. The summed E-state index contributed by atoms with van der Waals surface area (Å²) < 4.78 is 13.1. The Balaban J connectivity index is 1.05. The number of anilines is 3. The van der Waals surface area contributed by atoms with Gasteiger partial charge in [0.2, 0.25) is 5.95 Å². The van der Waals surface area contributed by atoms with Crippen molar-refractivity contribution in [2.45, 2.75) is 31.8 Å². The standard InChI is InChI=1S/C30H33ClN10O2/c31-27-17-26(39-9-6-25(7-10-39)40-11-14-42-15-12-40)4-5-28(27)36-30-33-19-24(20-34-30)22-2-3-23(18-32)29(16-22)43-13-1-8-41-21-35-37-38-41/h2-5,16-17,19-21,25H,1,6-15H2,(H,33,34,36). The lowest BCUT2D eigenvalue weighted by Gasteiger charge is -2.40. The van der Waals surface area contributed by atoms with E-state index >= 15 is 0 Å². The number of aromatic nitrogens is 6. The molecule has 2 aromatic heterocycles. The van der Waals surface area contributed by atoms with Crippen LogP contribution in [0.5, 0.6) is 5.75 Å². The van der Waals surface area contributed by atoms with Gasteiger partial charge >= 0.3 is 0 Å². The number of rotatable bonds is 10. The van der Waals surface area contributed by atoms with Crippen molar-refractivity contribution < 1.29 is 9.47 Å². The maximum Gasteiger partial charge on any atom is 0.227 e. The molecule has 2 aliphatic rings. The summed E-state index contributed by atoms with van der Waals surface area (Å²) in [6.07, 6.45) is 8.01. The van der Waals surface area contributed by atoms with E-state index in [9.17, 15) is 5.26 Å². The van der Waals surface area contributed by atoms with Crippen molar-refractivity contribution in [3.8, 4) is 22.9 Å². The van der Waals surface area contributed by atoms with E-state index in [1.54, 1.807) is 29.5 Å². The van der Waals surface area contributed by atoms with E-state index in [4.69, 9.17) is 21.1 Å². The molecule has 0 unspecified atom stereocenters. The second-order valence-corrected chi connectivity index (χ2v) is 11.0. The second-order valence-electron chi connectivity index (χ2n) is 10.5. The highest BCUT2D eigenvalue weighted by molar-refractivity contribution is 6.33. The molecule has 43 heavy (non-hydrogen) atoms. The fourth-order valence-electron chi connectivity index (χ4n) is 5.50. The highest BCUT2D eigenvalue weighted by Gasteiger charge is 2.26.